The van der Waals surface area contributed by atoms with E-state index in [1.165, 1.54) is 6.20 Å². The smallest absolute Gasteiger partial charge is 0.330 e. The number of amides is 1. The van der Waals surface area contributed by atoms with Crippen LogP contribution >= 0.6 is 0 Å². The van der Waals surface area contributed by atoms with Crippen LogP contribution in [0.5, 0.6) is 0 Å². The topological polar surface area (TPSA) is 95.1 Å². The first-order valence-corrected chi connectivity index (χ1v) is 6.62. The maximum Gasteiger partial charge on any atom is 0.330 e. The van der Waals surface area contributed by atoms with Crippen LogP contribution in [-0.2, 0) is 4.79 Å². The molecule has 3 N–H and O–H groups in total. The van der Waals surface area contributed by atoms with Gasteiger partial charge < -0.3 is 15.4 Å². The second-order valence-electron chi connectivity index (χ2n) is 4.99. The molecular formula is C15H17N3O3. The van der Waals surface area contributed by atoms with Gasteiger partial charge in [-0.05, 0) is 5.56 Å². The number of hydrogen-bond acceptors (Lipinski definition) is 3. The number of aromatic nitrogens is 2. The Morgan fingerprint density at radius 2 is 1.90 bits per heavy atom. The minimum Gasteiger partial charge on any atom is -0.479 e. The molecule has 0 saturated carbocycles. The van der Waals surface area contributed by atoms with Gasteiger partial charge in [0.25, 0.3) is 5.91 Å². The average Bonchev–Trinajstić information content (AvgIpc) is 2.95. The third-order valence-electron chi connectivity index (χ3n) is 3.04. The Morgan fingerprint density at radius 1 is 1.24 bits per heavy atom. The van der Waals surface area contributed by atoms with E-state index in [2.05, 4.69) is 15.3 Å². The van der Waals surface area contributed by atoms with Gasteiger partial charge in [0.2, 0.25) is 0 Å². The molecule has 6 heteroatoms. The van der Waals surface area contributed by atoms with Gasteiger partial charge in [-0.1, -0.05) is 44.2 Å². The van der Waals surface area contributed by atoms with Crippen LogP contribution in [0, 0.1) is 0 Å². The lowest BCUT2D eigenvalue weighted by atomic mass is 10.1. The maximum absolute atomic E-state index is 12.1. The van der Waals surface area contributed by atoms with E-state index < -0.39 is 17.9 Å². The fourth-order valence-corrected chi connectivity index (χ4v) is 1.89. The van der Waals surface area contributed by atoms with Gasteiger partial charge in [0.15, 0.2) is 6.04 Å². The van der Waals surface area contributed by atoms with E-state index in [9.17, 15) is 14.7 Å². The Hall–Kier alpha value is -2.63. The number of benzene rings is 1. The first-order valence-electron chi connectivity index (χ1n) is 6.62. The monoisotopic (exact) mass is 287 g/mol. The van der Waals surface area contributed by atoms with Gasteiger partial charge in [0.1, 0.15) is 11.5 Å². The quantitative estimate of drug-likeness (QED) is 0.784. The van der Waals surface area contributed by atoms with Gasteiger partial charge in [-0.15, -0.1) is 0 Å². The Labute approximate surface area is 122 Å². The Morgan fingerprint density at radius 3 is 2.43 bits per heavy atom. The van der Waals surface area contributed by atoms with Gasteiger partial charge in [-0.2, -0.15) is 0 Å². The van der Waals surface area contributed by atoms with Gasteiger partial charge in [-0.25, -0.2) is 9.78 Å². The molecule has 1 aromatic heterocycles. The van der Waals surface area contributed by atoms with Gasteiger partial charge in [-0.3, -0.25) is 4.79 Å². The summed E-state index contributed by atoms with van der Waals surface area (Å²) >= 11 is 0. The van der Waals surface area contributed by atoms with E-state index in [0.717, 1.165) is 0 Å². The Balaban J connectivity index is 2.17. The van der Waals surface area contributed by atoms with Crippen molar-refractivity contribution < 1.29 is 14.7 Å². The zero-order valence-electron chi connectivity index (χ0n) is 11.8. The highest BCUT2D eigenvalue weighted by Crippen LogP contribution is 2.14. The predicted molar refractivity (Wildman–Crippen MR) is 77.0 cm³/mol. The minimum atomic E-state index is -1.11. The summed E-state index contributed by atoms with van der Waals surface area (Å²) in [6, 6.07) is 7.46. The standard InChI is InChI=1S/C15H17N3O3/c1-9(2)13-16-8-11(17-13)14(19)18-12(15(20)21)10-6-4-3-5-7-10/h3-9,12H,1-2H3,(H,16,17)(H,18,19)(H,20,21)/t12-/m1/s1. The van der Waals surface area contributed by atoms with E-state index in [1.54, 1.807) is 30.3 Å². The summed E-state index contributed by atoms with van der Waals surface area (Å²) in [5.74, 6) is -0.758. The number of rotatable bonds is 5. The van der Waals surface area contributed by atoms with Crippen molar-refractivity contribution in [1.29, 1.82) is 0 Å². The van der Waals surface area contributed by atoms with E-state index in [4.69, 9.17) is 0 Å². The molecule has 110 valence electrons. The molecule has 21 heavy (non-hydrogen) atoms. The highest BCUT2D eigenvalue weighted by atomic mass is 16.4. The highest BCUT2D eigenvalue weighted by molar-refractivity contribution is 5.95. The molecule has 0 aliphatic carbocycles. The van der Waals surface area contributed by atoms with Gasteiger partial charge in [0.05, 0.1) is 6.20 Å². The molecule has 0 saturated heterocycles. The van der Waals surface area contributed by atoms with Crippen LogP contribution in [0.2, 0.25) is 0 Å². The van der Waals surface area contributed by atoms with Gasteiger partial charge >= 0.3 is 5.97 Å². The lowest BCUT2D eigenvalue weighted by molar-refractivity contribution is -0.139. The molecule has 0 bridgehead atoms. The van der Waals surface area contributed by atoms with Gasteiger partial charge in [0, 0.05) is 5.92 Å². The number of aliphatic carboxylic acids is 1. The number of imidazole rings is 1. The molecule has 0 unspecified atom stereocenters. The first kappa shape index (κ1) is 14.8. The van der Waals surface area contributed by atoms with Crippen molar-refractivity contribution in [1.82, 2.24) is 15.3 Å². The van der Waals surface area contributed by atoms with Crippen LogP contribution in [0.4, 0.5) is 0 Å². The maximum atomic E-state index is 12.1. The largest absolute Gasteiger partial charge is 0.479 e. The number of carboxylic acids is 1. The summed E-state index contributed by atoms with van der Waals surface area (Å²) in [7, 11) is 0. The zero-order chi connectivity index (χ0) is 15.4. The predicted octanol–water partition coefficient (Wildman–Crippen LogP) is 2.09. The van der Waals surface area contributed by atoms with Crippen LogP contribution in [0.15, 0.2) is 36.5 Å². The van der Waals surface area contributed by atoms with Crippen LogP contribution in [0.25, 0.3) is 0 Å². The molecule has 0 aliphatic rings. The van der Waals surface area contributed by atoms with Crippen LogP contribution in [-0.4, -0.2) is 27.0 Å². The summed E-state index contributed by atoms with van der Waals surface area (Å²) < 4.78 is 0. The number of carbonyl (C=O) groups is 2. The van der Waals surface area contributed by atoms with Crippen molar-refractivity contribution in [3.63, 3.8) is 0 Å². The average molecular weight is 287 g/mol. The molecule has 0 spiro atoms. The third kappa shape index (κ3) is 3.47. The van der Waals surface area contributed by atoms with E-state index in [0.29, 0.717) is 11.4 Å². The molecule has 0 radical (unpaired) electrons. The minimum absolute atomic E-state index is 0.163. The van der Waals surface area contributed by atoms with Crippen LogP contribution in [0.1, 0.15) is 47.7 Å². The molecule has 0 aliphatic heterocycles. The number of nitrogens with zero attached hydrogens (tertiary/aromatic N) is 1. The normalized spacial score (nSPS) is 12.1. The summed E-state index contributed by atoms with van der Waals surface area (Å²) in [4.78, 5) is 30.5. The van der Waals surface area contributed by atoms with E-state index in [1.807, 2.05) is 13.8 Å². The first-order chi connectivity index (χ1) is 9.99. The fraction of sp³-hybridized carbons (Fsp3) is 0.267. The SMILES string of the molecule is CC(C)c1ncc(C(=O)N[C@@H](C(=O)O)c2ccccc2)[nH]1. The molecular weight excluding hydrogens is 270 g/mol. The molecule has 2 rings (SSSR count). The zero-order valence-corrected chi connectivity index (χ0v) is 11.8. The second-order valence-corrected chi connectivity index (χ2v) is 4.99. The summed E-state index contributed by atoms with van der Waals surface area (Å²) in [6.45, 7) is 3.90. The van der Waals surface area contributed by atoms with Crippen LogP contribution in [0.3, 0.4) is 0 Å². The van der Waals surface area contributed by atoms with Crippen molar-refractivity contribution in [2.75, 3.05) is 0 Å². The third-order valence-corrected chi connectivity index (χ3v) is 3.04. The molecule has 6 nitrogen and oxygen atoms in total. The number of carboxylic acid groups (broad SMARTS) is 1. The van der Waals surface area contributed by atoms with Crippen molar-refractivity contribution in [3.05, 3.63) is 53.6 Å². The molecule has 1 aromatic carbocycles. The van der Waals surface area contributed by atoms with Crippen molar-refractivity contribution in [3.8, 4) is 0 Å². The van der Waals surface area contributed by atoms with Crippen molar-refractivity contribution in [2.45, 2.75) is 25.8 Å². The Kier molecular flexibility index (Phi) is 4.37. The summed E-state index contributed by atoms with van der Waals surface area (Å²) in [5.41, 5.74) is 0.767. The van der Waals surface area contributed by atoms with Crippen molar-refractivity contribution in [2.24, 2.45) is 0 Å². The second kappa shape index (κ2) is 6.21. The fourth-order valence-electron chi connectivity index (χ4n) is 1.89. The lowest BCUT2D eigenvalue weighted by Gasteiger charge is -2.14. The van der Waals surface area contributed by atoms with E-state index >= 15 is 0 Å². The summed E-state index contributed by atoms with van der Waals surface area (Å²) in [6.07, 6.45) is 1.41. The van der Waals surface area contributed by atoms with Crippen LogP contribution < -0.4 is 5.32 Å². The number of H-pyrrole nitrogens is 1. The molecule has 1 amide bonds. The van der Waals surface area contributed by atoms with Crippen molar-refractivity contribution >= 4 is 11.9 Å². The summed E-state index contributed by atoms with van der Waals surface area (Å²) in [5, 5.41) is 11.8. The molecule has 0 fully saturated rings. The number of aromatic amines is 1. The Bertz CT molecular complexity index is 635. The molecule has 2 aromatic rings. The number of carbonyl (C=O) groups excluding carboxylic acids is 1. The number of hydrogen-bond donors (Lipinski definition) is 3. The highest BCUT2D eigenvalue weighted by Gasteiger charge is 2.23. The molecule has 1 heterocycles. The van der Waals surface area contributed by atoms with E-state index in [-0.39, 0.29) is 11.6 Å². The lowest BCUT2D eigenvalue weighted by Crippen LogP contribution is -2.33. The number of nitrogens with one attached hydrogen (secondary N) is 2. The molecule has 1 atom stereocenters.